The quantitative estimate of drug-likeness (QED) is 0.226. The monoisotopic (exact) mass is 546 g/mol. The van der Waals surface area contributed by atoms with Crippen molar-refractivity contribution in [2.75, 3.05) is 0 Å². The van der Waals surface area contributed by atoms with Gasteiger partial charge in [0.1, 0.15) is 11.5 Å². The van der Waals surface area contributed by atoms with Crippen LogP contribution in [0.5, 0.6) is 11.5 Å². The van der Waals surface area contributed by atoms with Crippen molar-refractivity contribution >= 4 is 24.3 Å². The summed E-state index contributed by atoms with van der Waals surface area (Å²) in [7, 11) is -1.97. The van der Waals surface area contributed by atoms with Crippen LogP contribution in [0.15, 0.2) is 42.5 Å². The van der Waals surface area contributed by atoms with E-state index in [1.165, 1.54) is 0 Å². The SMILES string of the molecule is CCC(C)Oc1ccc(P(C(=O)c2c(C)cc(C)cc2C)C(=O)c2c(C)cc(C)cc2C)c(OC(C)CC)c1. The lowest BCUT2D eigenvalue weighted by atomic mass is 10.0. The third kappa shape index (κ3) is 6.97. The molecule has 0 aliphatic rings. The van der Waals surface area contributed by atoms with Crippen LogP contribution in [-0.2, 0) is 0 Å². The third-order valence-corrected chi connectivity index (χ3v) is 9.29. The molecule has 3 rings (SSSR count). The molecule has 4 nitrogen and oxygen atoms in total. The summed E-state index contributed by atoms with van der Waals surface area (Å²) in [5, 5.41) is 0.635. The van der Waals surface area contributed by atoms with Crippen LogP contribution in [0.2, 0.25) is 0 Å². The Labute approximate surface area is 235 Å². The predicted octanol–water partition coefficient (Wildman–Crippen LogP) is 8.68. The molecular weight excluding hydrogens is 503 g/mol. The standard InChI is InChI=1S/C34H43O4P/c1-11-26(9)37-28-13-14-30(29(19-28)38-27(10)12-2)39(33(35)31-22(5)15-20(3)16-23(31)6)34(36)32-24(7)17-21(4)18-25(32)8/h13-19,26-27H,11-12H2,1-10H3. The maximum atomic E-state index is 14.5. The van der Waals surface area contributed by atoms with Crippen molar-refractivity contribution in [2.45, 2.75) is 94.3 Å². The number of carbonyl (C=O) groups is 2. The van der Waals surface area contributed by atoms with E-state index in [2.05, 4.69) is 13.8 Å². The molecule has 0 heterocycles. The molecule has 2 unspecified atom stereocenters. The lowest BCUT2D eigenvalue weighted by Crippen LogP contribution is -2.23. The van der Waals surface area contributed by atoms with Crippen LogP contribution in [0.3, 0.4) is 0 Å². The Kier molecular flexibility index (Phi) is 10.1. The number of hydrogen-bond donors (Lipinski definition) is 0. The minimum absolute atomic E-state index is 0.0350. The lowest BCUT2D eigenvalue weighted by Gasteiger charge is -2.25. The molecule has 0 aliphatic carbocycles. The summed E-state index contributed by atoms with van der Waals surface area (Å²) in [5.41, 5.74) is 6.68. The highest BCUT2D eigenvalue weighted by molar-refractivity contribution is 7.96. The van der Waals surface area contributed by atoms with Crippen molar-refractivity contribution in [3.8, 4) is 11.5 Å². The summed E-state index contributed by atoms with van der Waals surface area (Å²) in [6.07, 6.45) is 1.61. The topological polar surface area (TPSA) is 52.6 Å². The second-order valence-electron chi connectivity index (χ2n) is 10.8. The molecule has 5 heteroatoms. The Bertz CT molecular complexity index is 1260. The van der Waals surface area contributed by atoms with Gasteiger partial charge >= 0.3 is 0 Å². The smallest absolute Gasteiger partial charge is 0.197 e. The summed E-state index contributed by atoms with van der Waals surface area (Å²) in [5.74, 6) is 1.22. The van der Waals surface area contributed by atoms with E-state index in [1.807, 2.05) is 97.9 Å². The number of carbonyl (C=O) groups excluding carboxylic acids is 2. The van der Waals surface area contributed by atoms with Crippen LogP contribution < -0.4 is 14.8 Å². The summed E-state index contributed by atoms with van der Waals surface area (Å²) in [4.78, 5) is 29.1. The molecule has 0 saturated carbocycles. The largest absolute Gasteiger partial charge is 0.491 e. The van der Waals surface area contributed by atoms with Crippen LogP contribution in [0.4, 0.5) is 0 Å². The third-order valence-electron chi connectivity index (χ3n) is 7.18. The molecule has 0 aromatic heterocycles. The zero-order chi connectivity index (χ0) is 29.0. The molecule has 39 heavy (non-hydrogen) atoms. The molecule has 0 bridgehead atoms. The average Bonchev–Trinajstić information content (AvgIpc) is 2.84. The van der Waals surface area contributed by atoms with Crippen LogP contribution in [-0.4, -0.2) is 23.3 Å². The number of rotatable bonds is 11. The maximum Gasteiger partial charge on any atom is 0.197 e. The number of ether oxygens (including phenoxy) is 2. The molecular formula is C34H43O4P. The van der Waals surface area contributed by atoms with Crippen molar-refractivity contribution in [1.29, 1.82) is 0 Å². The highest BCUT2D eigenvalue weighted by Gasteiger charge is 2.36. The molecule has 0 amide bonds. The minimum atomic E-state index is -1.97. The minimum Gasteiger partial charge on any atom is -0.491 e. The van der Waals surface area contributed by atoms with E-state index < -0.39 is 7.92 Å². The lowest BCUT2D eigenvalue weighted by molar-refractivity contribution is 0.105. The van der Waals surface area contributed by atoms with Crippen molar-refractivity contribution in [3.63, 3.8) is 0 Å². The first-order valence-electron chi connectivity index (χ1n) is 13.9. The van der Waals surface area contributed by atoms with E-state index in [0.29, 0.717) is 27.9 Å². The Hall–Kier alpha value is -2.97. The zero-order valence-electron chi connectivity index (χ0n) is 25.2. The van der Waals surface area contributed by atoms with E-state index in [1.54, 1.807) is 0 Å². The van der Waals surface area contributed by atoms with Crippen LogP contribution in [0.25, 0.3) is 0 Å². The number of benzene rings is 3. The van der Waals surface area contributed by atoms with Crippen molar-refractivity contribution in [1.82, 2.24) is 0 Å². The molecule has 3 aromatic rings. The fourth-order valence-corrected chi connectivity index (χ4v) is 7.37. The van der Waals surface area contributed by atoms with Crippen molar-refractivity contribution < 1.29 is 19.1 Å². The van der Waals surface area contributed by atoms with Gasteiger partial charge in [0.2, 0.25) is 0 Å². The van der Waals surface area contributed by atoms with Gasteiger partial charge in [0, 0.05) is 22.5 Å². The first-order chi connectivity index (χ1) is 18.4. The molecule has 0 radical (unpaired) electrons. The van der Waals surface area contributed by atoms with E-state index in [9.17, 15) is 9.59 Å². The van der Waals surface area contributed by atoms with Crippen molar-refractivity contribution in [2.24, 2.45) is 0 Å². The van der Waals surface area contributed by atoms with Gasteiger partial charge in [-0.25, -0.2) is 0 Å². The highest BCUT2D eigenvalue weighted by Crippen LogP contribution is 2.48. The Morgan fingerprint density at radius 2 is 1.08 bits per heavy atom. The second kappa shape index (κ2) is 12.9. The number of aryl methyl sites for hydroxylation is 6. The van der Waals surface area contributed by atoms with Gasteiger partial charge in [0.05, 0.1) is 20.1 Å². The molecule has 0 spiro atoms. The molecule has 0 aliphatic heterocycles. The van der Waals surface area contributed by atoms with E-state index in [4.69, 9.17) is 9.47 Å². The fraction of sp³-hybridized carbons (Fsp3) is 0.412. The van der Waals surface area contributed by atoms with Gasteiger partial charge in [-0.1, -0.05) is 49.2 Å². The van der Waals surface area contributed by atoms with Gasteiger partial charge in [-0.15, -0.1) is 0 Å². The Morgan fingerprint density at radius 3 is 1.49 bits per heavy atom. The van der Waals surface area contributed by atoms with E-state index in [-0.39, 0.29) is 23.3 Å². The Morgan fingerprint density at radius 1 is 0.667 bits per heavy atom. The molecule has 3 aromatic carbocycles. The highest BCUT2D eigenvalue weighted by atomic mass is 31.1. The van der Waals surface area contributed by atoms with Crippen LogP contribution >= 0.6 is 7.92 Å². The Balaban J connectivity index is 2.30. The second-order valence-corrected chi connectivity index (χ2v) is 12.8. The summed E-state index contributed by atoms with van der Waals surface area (Å²) in [6, 6.07) is 13.6. The van der Waals surface area contributed by atoms with Gasteiger partial charge in [-0.05, 0) is 103 Å². The summed E-state index contributed by atoms with van der Waals surface area (Å²) in [6.45, 7) is 20.0. The molecule has 0 fully saturated rings. The van der Waals surface area contributed by atoms with Gasteiger partial charge in [0.15, 0.2) is 11.0 Å². The van der Waals surface area contributed by atoms with Crippen molar-refractivity contribution in [3.05, 3.63) is 87.0 Å². The average molecular weight is 547 g/mol. The van der Waals surface area contributed by atoms with E-state index in [0.717, 1.165) is 46.2 Å². The molecule has 0 saturated heterocycles. The predicted molar refractivity (Wildman–Crippen MR) is 164 cm³/mol. The fourth-order valence-electron chi connectivity index (χ4n) is 5.03. The molecule has 208 valence electrons. The molecule has 0 N–H and O–H groups in total. The van der Waals surface area contributed by atoms with Gasteiger partial charge < -0.3 is 9.47 Å². The first-order valence-corrected chi connectivity index (χ1v) is 15.2. The van der Waals surface area contributed by atoms with E-state index >= 15 is 0 Å². The first kappa shape index (κ1) is 30.6. The van der Waals surface area contributed by atoms with Crippen LogP contribution in [0, 0.1) is 41.5 Å². The van der Waals surface area contributed by atoms with Gasteiger partial charge in [-0.3, -0.25) is 9.59 Å². The summed E-state index contributed by atoms with van der Waals surface area (Å²) < 4.78 is 12.5. The summed E-state index contributed by atoms with van der Waals surface area (Å²) >= 11 is 0. The number of hydrogen-bond acceptors (Lipinski definition) is 4. The maximum absolute atomic E-state index is 14.5. The normalized spacial score (nSPS) is 12.8. The zero-order valence-corrected chi connectivity index (χ0v) is 26.1. The van der Waals surface area contributed by atoms with Crippen LogP contribution in [0.1, 0.15) is 94.6 Å². The van der Waals surface area contributed by atoms with Gasteiger partial charge in [0.25, 0.3) is 0 Å². The van der Waals surface area contributed by atoms with Gasteiger partial charge in [-0.2, -0.15) is 0 Å². The molecule has 2 atom stereocenters.